The second-order valence-corrected chi connectivity index (χ2v) is 5.09. The first-order chi connectivity index (χ1) is 9.42. The van der Waals surface area contributed by atoms with E-state index in [1.54, 1.807) is 0 Å². The molecule has 2 nitrogen and oxygen atoms in total. The van der Waals surface area contributed by atoms with Gasteiger partial charge in [-0.25, -0.2) is 0 Å². The van der Waals surface area contributed by atoms with Crippen LogP contribution in [-0.2, 0) is 6.54 Å². The molecule has 1 aliphatic heterocycles. The standard InChI is InChI=1S/C17H20N2.ClH/c1-2-6-16(7-3-1)17-8-4-5-15(13-17)14-19-11-9-18-10-12-19;/h1-8,13,18H,9-12,14H2;1H. The Morgan fingerprint density at radius 2 is 1.55 bits per heavy atom. The summed E-state index contributed by atoms with van der Waals surface area (Å²) < 4.78 is 0. The lowest BCUT2D eigenvalue weighted by Crippen LogP contribution is -2.42. The van der Waals surface area contributed by atoms with Gasteiger partial charge >= 0.3 is 0 Å². The second-order valence-electron chi connectivity index (χ2n) is 5.09. The zero-order chi connectivity index (χ0) is 12.9. The average molecular weight is 289 g/mol. The van der Waals surface area contributed by atoms with Gasteiger partial charge in [0.2, 0.25) is 0 Å². The van der Waals surface area contributed by atoms with Crippen molar-refractivity contribution < 1.29 is 0 Å². The molecule has 0 spiro atoms. The minimum absolute atomic E-state index is 0. The summed E-state index contributed by atoms with van der Waals surface area (Å²) in [5.41, 5.74) is 4.01. The fourth-order valence-corrected chi connectivity index (χ4v) is 2.61. The van der Waals surface area contributed by atoms with Gasteiger partial charge in [-0.15, -0.1) is 12.4 Å². The van der Waals surface area contributed by atoms with E-state index in [1.165, 1.54) is 16.7 Å². The van der Waals surface area contributed by atoms with E-state index in [0.29, 0.717) is 0 Å². The lowest BCUT2D eigenvalue weighted by molar-refractivity contribution is 0.233. The summed E-state index contributed by atoms with van der Waals surface area (Å²) in [4.78, 5) is 2.51. The molecule has 0 bridgehead atoms. The van der Waals surface area contributed by atoms with Crippen molar-refractivity contribution in [2.45, 2.75) is 6.54 Å². The molecular weight excluding hydrogens is 268 g/mol. The molecule has 0 unspecified atom stereocenters. The van der Waals surface area contributed by atoms with E-state index < -0.39 is 0 Å². The van der Waals surface area contributed by atoms with Gasteiger partial charge in [0.1, 0.15) is 0 Å². The van der Waals surface area contributed by atoms with Crippen LogP contribution in [0.15, 0.2) is 54.6 Å². The van der Waals surface area contributed by atoms with Crippen LogP contribution in [0, 0.1) is 0 Å². The maximum Gasteiger partial charge on any atom is 0.0235 e. The van der Waals surface area contributed by atoms with Crippen LogP contribution in [0.25, 0.3) is 11.1 Å². The molecule has 1 N–H and O–H groups in total. The zero-order valence-corrected chi connectivity index (χ0v) is 12.4. The van der Waals surface area contributed by atoms with E-state index in [0.717, 1.165) is 32.7 Å². The van der Waals surface area contributed by atoms with Crippen molar-refractivity contribution in [2.75, 3.05) is 26.2 Å². The molecule has 0 aromatic heterocycles. The van der Waals surface area contributed by atoms with Gasteiger partial charge in [0, 0.05) is 32.7 Å². The summed E-state index contributed by atoms with van der Waals surface area (Å²) in [6.07, 6.45) is 0. The number of benzene rings is 2. The SMILES string of the molecule is Cl.c1ccc(-c2cccc(CN3CCNCC3)c2)cc1. The van der Waals surface area contributed by atoms with E-state index in [9.17, 15) is 0 Å². The molecule has 0 saturated carbocycles. The van der Waals surface area contributed by atoms with Crippen LogP contribution in [0.4, 0.5) is 0 Å². The predicted molar refractivity (Wildman–Crippen MR) is 87.3 cm³/mol. The van der Waals surface area contributed by atoms with Crippen molar-refractivity contribution in [1.29, 1.82) is 0 Å². The Hall–Kier alpha value is -1.35. The number of piperazine rings is 1. The molecule has 106 valence electrons. The van der Waals surface area contributed by atoms with Gasteiger partial charge in [-0.05, 0) is 22.8 Å². The number of halogens is 1. The van der Waals surface area contributed by atoms with Gasteiger partial charge in [0.15, 0.2) is 0 Å². The maximum atomic E-state index is 3.40. The Bertz CT molecular complexity index is 522. The molecule has 1 saturated heterocycles. The van der Waals surface area contributed by atoms with Gasteiger partial charge in [0.05, 0.1) is 0 Å². The zero-order valence-electron chi connectivity index (χ0n) is 11.6. The number of hydrogen-bond acceptors (Lipinski definition) is 2. The van der Waals surface area contributed by atoms with E-state index in [1.807, 2.05) is 0 Å². The Morgan fingerprint density at radius 1 is 0.850 bits per heavy atom. The third kappa shape index (κ3) is 3.83. The molecule has 0 aliphatic carbocycles. The van der Waals surface area contributed by atoms with Gasteiger partial charge in [-0.1, -0.05) is 48.5 Å². The summed E-state index contributed by atoms with van der Waals surface area (Å²) in [5, 5.41) is 3.40. The van der Waals surface area contributed by atoms with Gasteiger partial charge in [-0.2, -0.15) is 0 Å². The molecule has 20 heavy (non-hydrogen) atoms. The highest BCUT2D eigenvalue weighted by molar-refractivity contribution is 5.85. The molecule has 2 aromatic rings. The monoisotopic (exact) mass is 288 g/mol. The van der Waals surface area contributed by atoms with Crippen molar-refractivity contribution in [3.8, 4) is 11.1 Å². The molecule has 1 aliphatic rings. The summed E-state index contributed by atoms with van der Waals surface area (Å²) in [6, 6.07) is 19.5. The third-order valence-corrected chi connectivity index (χ3v) is 3.65. The smallest absolute Gasteiger partial charge is 0.0235 e. The Morgan fingerprint density at radius 3 is 2.30 bits per heavy atom. The highest BCUT2D eigenvalue weighted by Gasteiger charge is 2.10. The first kappa shape index (κ1) is 15.0. The number of nitrogens with one attached hydrogen (secondary N) is 1. The van der Waals surface area contributed by atoms with E-state index in [-0.39, 0.29) is 12.4 Å². The molecule has 0 radical (unpaired) electrons. The Labute approximate surface area is 127 Å². The van der Waals surface area contributed by atoms with Crippen molar-refractivity contribution in [3.05, 3.63) is 60.2 Å². The van der Waals surface area contributed by atoms with Gasteiger partial charge in [0.25, 0.3) is 0 Å². The van der Waals surface area contributed by atoms with E-state index >= 15 is 0 Å². The first-order valence-electron chi connectivity index (χ1n) is 6.99. The quantitative estimate of drug-likeness (QED) is 0.933. The van der Waals surface area contributed by atoms with Gasteiger partial charge < -0.3 is 5.32 Å². The summed E-state index contributed by atoms with van der Waals surface area (Å²) in [6.45, 7) is 5.57. The summed E-state index contributed by atoms with van der Waals surface area (Å²) in [5.74, 6) is 0. The van der Waals surface area contributed by atoms with Crippen LogP contribution in [-0.4, -0.2) is 31.1 Å². The van der Waals surface area contributed by atoms with Crippen molar-refractivity contribution in [2.24, 2.45) is 0 Å². The molecule has 1 heterocycles. The minimum Gasteiger partial charge on any atom is -0.314 e. The van der Waals surface area contributed by atoms with Gasteiger partial charge in [-0.3, -0.25) is 4.90 Å². The topological polar surface area (TPSA) is 15.3 Å². The number of rotatable bonds is 3. The molecule has 0 atom stereocenters. The van der Waals surface area contributed by atoms with Crippen LogP contribution in [0.1, 0.15) is 5.56 Å². The lowest BCUT2D eigenvalue weighted by atomic mass is 10.0. The molecular formula is C17H21ClN2. The number of nitrogens with zero attached hydrogens (tertiary/aromatic N) is 1. The van der Waals surface area contributed by atoms with Crippen molar-refractivity contribution in [3.63, 3.8) is 0 Å². The van der Waals surface area contributed by atoms with Crippen molar-refractivity contribution >= 4 is 12.4 Å². The normalized spacial score (nSPS) is 15.6. The summed E-state index contributed by atoms with van der Waals surface area (Å²) in [7, 11) is 0. The number of hydrogen-bond donors (Lipinski definition) is 1. The highest BCUT2D eigenvalue weighted by atomic mass is 35.5. The van der Waals surface area contributed by atoms with Crippen LogP contribution in [0.3, 0.4) is 0 Å². The highest BCUT2D eigenvalue weighted by Crippen LogP contribution is 2.20. The maximum absolute atomic E-state index is 3.40. The molecule has 2 aromatic carbocycles. The van der Waals surface area contributed by atoms with E-state index in [4.69, 9.17) is 0 Å². The second kappa shape index (κ2) is 7.44. The van der Waals surface area contributed by atoms with Crippen LogP contribution >= 0.6 is 12.4 Å². The van der Waals surface area contributed by atoms with Crippen molar-refractivity contribution in [1.82, 2.24) is 10.2 Å². The van der Waals surface area contributed by atoms with Crippen LogP contribution in [0.2, 0.25) is 0 Å². The fraction of sp³-hybridized carbons (Fsp3) is 0.294. The third-order valence-electron chi connectivity index (χ3n) is 3.65. The van der Waals surface area contributed by atoms with Crippen LogP contribution in [0.5, 0.6) is 0 Å². The molecule has 0 amide bonds. The largest absolute Gasteiger partial charge is 0.314 e. The predicted octanol–water partition coefficient (Wildman–Crippen LogP) is 3.18. The van der Waals surface area contributed by atoms with Crippen LogP contribution < -0.4 is 5.32 Å². The Kier molecular flexibility index (Phi) is 5.60. The summed E-state index contributed by atoms with van der Waals surface area (Å²) >= 11 is 0. The molecule has 1 fully saturated rings. The lowest BCUT2D eigenvalue weighted by Gasteiger charge is -2.27. The average Bonchev–Trinajstić information content (AvgIpc) is 2.49. The first-order valence-corrected chi connectivity index (χ1v) is 6.99. The minimum atomic E-state index is 0. The molecule has 3 rings (SSSR count). The Balaban J connectivity index is 0.00000147. The fourth-order valence-electron chi connectivity index (χ4n) is 2.61. The molecule has 3 heteroatoms. The van der Waals surface area contributed by atoms with E-state index in [2.05, 4.69) is 64.8 Å².